The molecule has 0 fully saturated rings. The van der Waals surface area contributed by atoms with Gasteiger partial charge in [0.15, 0.2) is 5.75 Å². The smallest absolute Gasteiger partial charge is 0.165 e. The highest BCUT2D eigenvalue weighted by atomic mass is 79.9. The number of hydrogen-bond donors (Lipinski definition) is 0. The van der Waals surface area contributed by atoms with Gasteiger partial charge >= 0.3 is 0 Å². The van der Waals surface area contributed by atoms with Crippen molar-refractivity contribution in [3.05, 3.63) is 41.1 Å². The van der Waals surface area contributed by atoms with Gasteiger partial charge in [-0.15, -0.1) is 0 Å². The van der Waals surface area contributed by atoms with Gasteiger partial charge in [-0.3, -0.25) is 4.68 Å². The number of hydrogen-bond acceptors (Lipinski definition) is 3. The molecule has 1 heterocycles. The van der Waals surface area contributed by atoms with Crippen LogP contribution in [0.1, 0.15) is 0 Å². The normalized spacial score (nSPS) is 10.1. The van der Waals surface area contributed by atoms with Gasteiger partial charge in [-0.25, -0.2) is 0 Å². The van der Waals surface area contributed by atoms with E-state index in [-0.39, 0.29) is 6.54 Å². The molecule has 1 aromatic carbocycles. The van der Waals surface area contributed by atoms with Gasteiger partial charge in [0, 0.05) is 4.47 Å². The van der Waals surface area contributed by atoms with E-state index < -0.39 is 0 Å². The van der Waals surface area contributed by atoms with Crippen molar-refractivity contribution < 1.29 is 9.53 Å². The number of aromatic nitrogens is 2. The molecule has 0 spiro atoms. The van der Waals surface area contributed by atoms with Crippen LogP contribution in [0.25, 0.3) is 0 Å². The molecule has 0 unspecified atom stereocenters. The zero-order chi connectivity index (χ0) is 11.4. The molecule has 0 radical (unpaired) electrons. The summed E-state index contributed by atoms with van der Waals surface area (Å²) < 4.78 is 8.02. The molecular formula is C11H9BrN2O2. The minimum Gasteiger partial charge on any atom is -0.454 e. The van der Waals surface area contributed by atoms with E-state index in [4.69, 9.17) is 4.74 Å². The van der Waals surface area contributed by atoms with Gasteiger partial charge < -0.3 is 9.53 Å². The first-order valence-corrected chi connectivity index (χ1v) is 5.47. The summed E-state index contributed by atoms with van der Waals surface area (Å²) in [6.07, 6.45) is 4.04. The van der Waals surface area contributed by atoms with Crippen molar-refractivity contribution in [2.45, 2.75) is 6.54 Å². The van der Waals surface area contributed by atoms with Crippen molar-refractivity contribution >= 4 is 22.2 Å². The Labute approximate surface area is 101 Å². The predicted octanol–water partition coefficient (Wildman–Crippen LogP) is 2.64. The van der Waals surface area contributed by atoms with Gasteiger partial charge in [-0.05, 0) is 18.2 Å². The van der Waals surface area contributed by atoms with E-state index in [0.717, 1.165) is 16.5 Å². The summed E-state index contributed by atoms with van der Waals surface area (Å²) in [6.45, 7) is 0.238. The van der Waals surface area contributed by atoms with E-state index in [2.05, 4.69) is 21.0 Å². The minimum atomic E-state index is 0.238. The summed E-state index contributed by atoms with van der Waals surface area (Å²) in [5, 5.41) is 3.97. The molecule has 0 N–H and O–H groups in total. The first kappa shape index (κ1) is 10.9. The number of ether oxygens (including phenoxy) is 1. The molecule has 2 rings (SSSR count). The third-order valence-corrected chi connectivity index (χ3v) is 2.40. The van der Waals surface area contributed by atoms with E-state index in [1.807, 2.05) is 24.3 Å². The highest BCUT2D eigenvalue weighted by molar-refractivity contribution is 9.10. The summed E-state index contributed by atoms with van der Waals surface area (Å²) in [7, 11) is 0. The topological polar surface area (TPSA) is 44.1 Å². The highest BCUT2D eigenvalue weighted by Crippen LogP contribution is 2.23. The Morgan fingerprint density at radius 2 is 2.31 bits per heavy atom. The van der Waals surface area contributed by atoms with Gasteiger partial charge in [0.25, 0.3) is 0 Å². The van der Waals surface area contributed by atoms with Crippen molar-refractivity contribution in [2.75, 3.05) is 0 Å². The lowest BCUT2D eigenvalue weighted by atomic mass is 10.3. The Bertz CT molecular complexity index is 496. The zero-order valence-corrected chi connectivity index (χ0v) is 9.92. The number of halogens is 1. The molecule has 0 aliphatic carbocycles. The van der Waals surface area contributed by atoms with Crippen molar-refractivity contribution in [3.8, 4) is 11.5 Å². The summed E-state index contributed by atoms with van der Waals surface area (Å²) in [4.78, 5) is 10.3. The van der Waals surface area contributed by atoms with Crippen LogP contribution in [0.5, 0.6) is 11.5 Å². The molecule has 2 aromatic rings. The molecular weight excluding hydrogens is 272 g/mol. The molecule has 16 heavy (non-hydrogen) atoms. The Kier molecular flexibility index (Phi) is 3.36. The first-order chi connectivity index (χ1) is 7.78. The molecule has 82 valence electrons. The van der Waals surface area contributed by atoms with Crippen molar-refractivity contribution in [2.24, 2.45) is 0 Å². The summed E-state index contributed by atoms with van der Waals surface area (Å²) in [6, 6.07) is 7.51. The summed E-state index contributed by atoms with van der Waals surface area (Å²) in [5.74, 6) is 1.33. The van der Waals surface area contributed by atoms with E-state index in [9.17, 15) is 4.79 Å². The zero-order valence-electron chi connectivity index (χ0n) is 8.34. The fourth-order valence-corrected chi connectivity index (χ4v) is 1.62. The lowest BCUT2D eigenvalue weighted by Gasteiger charge is -2.02. The average molecular weight is 281 g/mol. The van der Waals surface area contributed by atoms with Gasteiger partial charge in [-0.2, -0.15) is 5.10 Å². The lowest BCUT2D eigenvalue weighted by molar-refractivity contribution is -0.108. The quantitative estimate of drug-likeness (QED) is 0.809. The van der Waals surface area contributed by atoms with Crippen LogP contribution in [0, 0.1) is 0 Å². The Morgan fingerprint density at radius 3 is 3.06 bits per heavy atom. The number of rotatable bonds is 4. The Balaban J connectivity index is 2.11. The van der Waals surface area contributed by atoms with Crippen molar-refractivity contribution in [3.63, 3.8) is 0 Å². The summed E-state index contributed by atoms with van der Waals surface area (Å²) >= 11 is 3.36. The maximum Gasteiger partial charge on any atom is 0.165 e. The van der Waals surface area contributed by atoms with Crippen LogP contribution < -0.4 is 4.74 Å². The molecule has 4 nitrogen and oxygen atoms in total. The molecule has 0 aliphatic heterocycles. The maximum absolute atomic E-state index is 10.3. The number of aldehydes is 1. The van der Waals surface area contributed by atoms with Gasteiger partial charge in [-0.1, -0.05) is 22.0 Å². The number of benzene rings is 1. The van der Waals surface area contributed by atoms with E-state index in [1.54, 1.807) is 12.4 Å². The molecule has 0 saturated heterocycles. The SMILES string of the molecule is O=CCn1cc(Oc2cccc(Br)c2)cn1. The van der Waals surface area contributed by atoms with Gasteiger partial charge in [0.05, 0.1) is 18.9 Å². The standard InChI is InChI=1S/C11H9BrN2O2/c12-9-2-1-3-10(6-9)16-11-7-13-14(8-11)4-5-15/h1-3,5-8H,4H2. The van der Waals surface area contributed by atoms with E-state index in [0.29, 0.717) is 5.75 Å². The monoisotopic (exact) mass is 280 g/mol. The van der Waals surface area contributed by atoms with Crippen LogP contribution in [-0.2, 0) is 11.3 Å². The molecule has 0 bridgehead atoms. The molecule has 0 aliphatic rings. The molecule has 1 aromatic heterocycles. The van der Waals surface area contributed by atoms with Crippen LogP contribution in [0.3, 0.4) is 0 Å². The molecule has 5 heteroatoms. The third kappa shape index (κ3) is 2.70. The largest absolute Gasteiger partial charge is 0.454 e. The van der Waals surface area contributed by atoms with Crippen LogP contribution in [0.4, 0.5) is 0 Å². The van der Waals surface area contributed by atoms with Gasteiger partial charge in [0.1, 0.15) is 12.0 Å². The van der Waals surface area contributed by atoms with Crippen LogP contribution in [0.15, 0.2) is 41.1 Å². The lowest BCUT2D eigenvalue weighted by Crippen LogP contribution is -1.97. The number of carbonyl (C=O) groups excluding carboxylic acids is 1. The second-order valence-corrected chi connectivity index (χ2v) is 4.04. The second kappa shape index (κ2) is 4.94. The van der Waals surface area contributed by atoms with Crippen LogP contribution >= 0.6 is 15.9 Å². The molecule has 0 amide bonds. The van der Waals surface area contributed by atoms with E-state index >= 15 is 0 Å². The van der Waals surface area contributed by atoms with Gasteiger partial charge in [0.2, 0.25) is 0 Å². The second-order valence-electron chi connectivity index (χ2n) is 3.12. The van der Waals surface area contributed by atoms with E-state index in [1.165, 1.54) is 4.68 Å². The number of carbonyl (C=O) groups is 1. The third-order valence-electron chi connectivity index (χ3n) is 1.90. The van der Waals surface area contributed by atoms with Crippen LogP contribution in [-0.4, -0.2) is 16.1 Å². The Morgan fingerprint density at radius 1 is 1.44 bits per heavy atom. The highest BCUT2D eigenvalue weighted by Gasteiger charge is 2.01. The summed E-state index contributed by atoms with van der Waals surface area (Å²) in [5.41, 5.74) is 0. The maximum atomic E-state index is 10.3. The molecule has 0 atom stereocenters. The minimum absolute atomic E-state index is 0.238. The van der Waals surface area contributed by atoms with Crippen LogP contribution in [0.2, 0.25) is 0 Å². The first-order valence-electron chi connectivity index (χ1n) is 4.67. The van der Waals surface area contributed by atoms with Crippen molar-refractivity contribution in [1.82, 2.24) is 9.78 Å². The Hall–Kier alpha value is -1.62. The van der Waals surface area contributed by atoms with Crippen molar-refractivity contribution in [1.29, 1.82) is 0 Å². The number of nitrogens with zero attached hydrogens (tertiary/aromatic N) is 2. The predicted molar refractivity (Wildman–Crippen MR) is 62.5 cm³/mol. The fourth-order valence-electron chi connectivity index (χ4n) is 1.24. The molecule has 0 saturated carbocycles. The fraction of sp³-hybridized carbons (Fsp3) is 0.0909. The average Bonchev–Trinajstić information content (AvgIpc) is 2.66.